The molecule has 0 amide bonds. The molecule has 10 heteroatoms. The number of hydrogen-bond acceptors (Lipinski definition) is 8. The summed E-state index contributed by atoms with van der Waals surface area (Å²) in [5.41, 5.74) is 2.05. The Morgan fingerprint density at radius 2 is 1.64 bits per heavy atom. The minimum absolute atomic E-state index is 0.0537. The highest BCUT2D eigenvalue weighted by Crippen LogP contribution is 2.44. The van der Waals surface area contributed by atoms with Crippen LogP contribution in [-0.2, 0) is 33.3 Å². The normalized spacial score (nSPS) is 16.1. The number of halogens is 2. The van der Waals surface area contributed by atoms with Crippen LogP contribution in [0, 0.1) is 0 Å². The maximum Gasteiger partial charge on any atom is 0.337 e. The Morgan fingerprint density at radius 1 is 0.949 bits per heavy atom. The first-order valence-electron chi connectivity index (χ1n) is 12.3. The molecule has 1 aliphatic rings. The predicted octanol–water partition coefficient (Wildman–Crippen LogP) is 5.65. The standard InChI is InChI=1S/C29H31Cl2NO7/c1-16(2)39-29(35)26-22(14-37-18(4)33)32-17(3)24(25(26)20-12-9-13-21(30)27(20)31)28(34)38-15-23(36-5)19-10-7-6-8-11-19/h6-13,16,23,25,32H,14-15H2,1-5H3. The van der Waals surface area contributed by atoms with Gasteiger partial charge < -0.3 is 24.3 Å². The average molecular weight is 576 g/mol. The van der Waals surface area contributed by atoms with E-state index in [4.69, 9.17) is 42.1 Å². The van der Waals surface area contributed by atoms with E-state index in [1.165, 1.54) is 14.0 Å². The van der Waals surface area contributed by atoms with Crippen molar-refractivity contribution in [2.24, 2.45) is 0 Å². The lowest BCUT2D eigenvalue weighted by Crippen LogP contribution is -2.36. The largest absolute Gasteiger partial charge is 0.460 e. The molecule has 1 heterocycles. The minimum Gasteiger partial charge on any atom is -0.460 e. The third kappa shape index (κ3) is 7.41. The number of ether oxygens (including phenoxy) is 4. The Balaban J connectivity index is 2.10. The zero-order valence-electron chi connectivity index (χ0n) is 22.4. The number of hydrogen-bond donors (Lipinski definition) is 1. The van der Waals surface area contributed by atoms with Crippen LogP contribution in [0.2, 0.25) is 10.0 Å². The first-order valence-corrected chi connectivity index (χ1v) is 13.0. The Bertz CT molecular complexity index is 1290. The zero-order chi connectivity index (χ0) is 28.7. The van der Waals surface area contributed by atoms with Crippen LogP contribution in [0.4, 0.5) is 0 Å². The fraction of sp³-hybridized carbons (Fsp3) is 0.345. The van der Waals surface area contributed by atoms with Crippen molar-refractivity contribution in [2.75, 3.05) is 20.3 Å². The van der Waals surface area contributed by atoms with Crippen molar-refractivity contribution in [3.63, 3.8) is 0 Å². The van der Waals surface area contributed by atoms with Crippen molar-refractivity contribution in [2.45, 2.75) is 45.8 Å². The van der Waals surface area contributed by atoms with E-state index in [2.05, 4.69) is 5.32 Å². The van der Waals surface area contributed by atoms with Gasteiger partial charge in [-0.1, -0.05) is 65.7 Å². The zero-order valence-corrected chi connectivity index (χ0v) is 23.9. The summed E-state index contributed by atoms with van der Waals surface area (Å²) in [5.74, 6) is -2.98. The summed E-state index contributed by atoms with van der Waals surface area (Å²) >= 11 is 13.0. The molecule has 0 saturated carbocycles. The van der Waals surface area contributed by atoms with E-state index in [9.17, 15) is 14.4 Å². The Morgan fingerprint density at radius 3 is 2.26 bits per heavy atom. The summed E-state index contributed by atoms with van der Waals surface area (Å²) in [7, 11) is 1.52. The number of benzene rings is 2. The SMILES string of the molecule is COC(COC(=O)C1=C(C)NC(COC(C)=O)=C(C(=O)OC(C)C)C1c1cccc(Cl)c1Cl)c1ccccc1. The maximum absolute atomic E-state index is 13.7. The van der Waals surface area contributed by atoms with E-state index in [1.54, 1.807) is 39.0 Å². The van der Waals surface area contributed by atoms with E-state index in [0.717, 1.165) is 5.56 Å². The molecule has 2 unspecified atom stereocenters. The number of methoxy groups -OCH3 is 1. The van der Waals surface area contributed by atoms with Crippen molar-refractivity contribution in [3.05, 3.63) is 92.2 Å². The molecule has 0 spiro atoms. The van der Waals surface area contributed by atoms with Crippen molar-refractivity contribution in [1.29, 1.82) is 0 Å². The van der Waals surface area contributed by atoms with Crippen LogP contribution in [-0.4, -0.2) is 44.3 Å². The van der Waals surface area contributed by atoms with Gasteiger partial charge in [-0.15, -0.1) is 0 Å². The van der Waals surface area contributed by atoms with Crippen LogP contribution < -0.4 is 5.32 Å². The van der Waals surface area contributed by atoms with Crippen LogP contribution in [0.3, 0.4) is 0 Å². The first kappa shape index (κ1) is 30.2. The molecular formula is C29H31Cl2NO7. The molecule has 2 aromatic rings. The predicted molar refractivity (Wildman–Crippen MR) is 147 cm³/mol. The number of carbonyl (C=O) groups excluding carboxylic acids is 3. The summed E-state index contributed by atoms with van der Waals surface area (Å²) in [6.45, 7) is 5.98. The third-order valence-corrected chi connectivity index (χ3v) is 6.79. The fourth-order valence-corrected chi connectivity index (χ4v) is 4.64. The van der Waals surface area contributed by atoms with Crippen molar-refractivity contribution in [3.8, 4) is 0 Å². The van der Waals surface area contributed by atoms with E-state index >= 15 is 0 Å². The first-order chi connectivity index (χ1) is 18.5. The van der Waals surface area contributed by atoms with Gasteiger partial charge in [-0.2, -0.15) is 0 Å². The van der Waals surface area contributed by atoms with Gasteiger partial charge in [-0.3, -0.25) is 4.79 Å². The van der Waals surface area contributed by atoms with E-state index in [0.29, 0.717) is 11.3 Å². The van der Waals surface area contributed by atoms with Crippen molar-refractivity contribution >= 4 is 41.1 Å². The van der Waals surface area contributed by atoms with Crippen molar-refractivity contribution in [1.82, 2.24) is 5.32 Å². The Labute approximate surface area is 237 Å². The van der Waals surface area contributed by atoms with Gasteiger partial charge in [-0.05, 0) is 38.0 Å². The van der Waals surface area contributed by atoms with Crippen LogP contribution >= 0.6 is 23.2 Å². The van der Waals surface area contributed by atoms with Gasteiger partial charge in [0.1, 0.15) is 19.3 Å². The highest BCUT2D eigenvalue weighted by atomic mass is 35.5. The molecular weight excluding hydrogens is 545 g/mol. The second-order valence-corrected chi connectivity index (χ2v) is 9.88. The van der Waals surface area contributed by atoms with E-state index in [-0.39, 0.29) is 40.1 Å². The van der Waals surface area contributed by atoms with Gasteiger partial charge in [0.2, 0.25) is 0 Å². The Hall–Kier alpha value is -3.33. The maximum atomic E-state index is 13.7. The second-order valence-electron chi connectivity index (χ2n) is 9.10. The third-order valence-electron chi connectivity index (χ3n) is 5.96. The lowest BCUT2D eigenvalue weighted by molar-refractivity contribution is -0.145. The summed E-state index contributed by atoms with van der Waals surface area (Å²) in [6, 6.07) is 14.3. The quantitative estimate of drug-likeness (QED) is 0.286. The molecule has 1 N–H and O–H groups in total. The monoisotopic (exact) mass is 575 g/mol. The molecule has 0 bridgehead atoms. The molecule has 0 fully saturated rings. The van der Waals surface area contributed by atoms with Crippen LogP contribution in [0.5, 0.6) is 0 Å². The summed E-state index contributed by atoms with van der Waals surface area (Å²) in [6.07, 6.45) is -0.979. The summed E-state index contributed by atoms with van der Waals surface area (Å²) in [5, 5.41) is 3.44. The van der Waals surface area contributed by atoms with Crippen LogP contribution in [0.25, 0.3) is 0 Å². The number of esters is 3. The molecule has 1 aliphatic heterocycles. The number of carbonyl (C=O) groups is 3. The highest BCUT2D eigenvalue weighted by Gasteiger charge is 2.41. The summed E-state index contributed by atoms with van der Waals surface area (Å²) < 4.78 is 22.0. The summed E-state index contributed by atoms with van der Waals surface area (Å²) in [4.78, 5) is 38.8. The number of dihydropyridines is 1. The molecule has 208 valence electrons. The Kier molecular flexibility index (Phi) is 10.6. The highest BCUT2D eigenvalue weighted by molar-refractivity contribution is 6.42. The van der Waals surface area contributed by atoms with Gasteiger partial charge in [-0.25, -0.2) is 9.59 Å². The lowest BCUT2D eigenvalue weighted by Gasteiger charge is -2.32. The molecule has 8 nitrogen and oxygen atoms in total. The van der Waals surface area contributed by atoms with Gasteiger partial charge in [0.25, 0.3) is 0 Å². The van der Waals surface area contributed by atoms with Crippen molar-refractivity contribution < 1.29 is 33.3 Å². The molecule has 3 rings (SSSR count). The van der Waals surface area contributed by atoms with Gasteiger partial charge >= 0.3 is 17.9 Å². The minimum atomic E-state index is -1.03. The molecule has 0 radical (unpaired) electrons. The molecule has 2 atom stereocenters. The topological polar surface area (TPSA) is 100 Å². The molecule has 2 aromatic carbocycles. The average Bonchev–Trinajstić information content (AvgIpc) is 2.89. The van der Waals surface area contributed by atoms with Gasteiger partial charge in [0, 0.05) is 19.7 Å². The molecule has 39 heavy (non-hydrogen) atoms. The lowest BCUT2D eigenvalue weighted by atomic mass is 9.80. The fourth-order valence-electron chi connectivity index (χ4n) is 4.22. The van der Waals surface area contributed by atoms with E-state index in [1.807, 2.05) is 30.3 Å². The second kappa shape index (κ2) is 13.6. The van der Waals surface area contributed by atoms with Gasteiger partial charge in [0.15, 0.2) is 0 Å². The molecule has 0 aliphatic carbocycles. The number of rotatable bonds is 10. The smallest absolute Gasteiger partial charge is 0.337 e. The van der Waals surface area contributed by atoms with Crippen LogP contribution in [0.1, 0.15) is 50.8 Å². The number of nitrogens with one attached hydrogen (secondary N) is 1. The van der Waals surface area contributed by atoms with Crippen LogP contribution in [0.15, 0.2) is 71.1 Å². The van der Waals surface area contributed by atoms with E-state index < -0.39 is 36.0 Å². The molecule has 0 aromatic heterocycles. The van der Waals surface area contributed by atoms with Gasteiger partial charge in [0.05, 0.1) is 38.9 Å². The molecule has 0 saturated heterocycles. The number of allylic oxidation sites excluding steroid dienone is 1.